The molecule has 6 nitrogen and oxygen atoms in total. The molecule has 2 aromatic carbocycles. The topological polar surface area (TPSA) is 98.3 Å². The van der Waals surface area contributed by atoms with Crippen molar-refractivity contribution >= 4 is 17.3 Å². The summed E-state index contributed by atoms with van der Waals surface area (Å²) in [4.78, 5) is 19.4. The van der Waals surface area contributed by atoms with E-state index in [0.717, 1.165) is 30.1 Å². The zero-order valence-electron chi connectivity index (χ0n) is 19.4. The van der Waals surface area contributed by atoms with Gasteiger partial charge in [0.1, 0.15) is 18.2 Å². The number of aromatic nitrogens is 2. The Balaban J connectivity index is 1.64. The molecule has 4 aromatic rings. The van der Waals surface area contributed by atoms with Crippen LogP contribution in [-0.4, -0.2) is 33.3 Å². The number of hydrogen-bond donors (Lipinski definition) is 2. The number of hydrogen-bond acceptors (Lipinski definition) is 6. The molecule has 2 aromatic heterocycles. The van der Waals surface area contributed by atoms with Crippen molar-refractivity contribution in [3.05, 3.63) is 88.8 Å². The second-order valence-electron chi connectivity index (χ2n) is 8.35. The average Bonchev–Trinajstić information content (AvgIpc) is 3.29. The van der Waals surface area contributed by atoms with Crippen molar-refractivity contribution < 1.29 is 32.2 Å². The molecule has 2 heterocycles. The van der Waals surface area contributed by atoms with E-state index in [9.17, 15) is 22.4 Å². The van der Waals surface area contributed by atoms with Crippen molar-refractivity contribution in [1.82, 2.24) is 9.97 Å². The molecule has 0 radical (unpaired) electrons. The summed E-state index contributed by atoms with van der Waals surface area (Å²) in [7, 11) is 0. The van der Waals surface area contributed by atoms with Gasteiger partial charge in [0.25, 0.3) is 0 Å². The van der Waals surface area contributed by atoms with Crippen LogP contribution in [0.2, 0.25) is 0 Å². The molecule has 0 fully saturated rings. The van der Waals surface area contributed by atoms with Gasteiger partial charge in [-0.2, -0.15) is 13.2 Å². The van der Waals surface area contributed by atoms with Crippen molar-refractivity contribution in [3.8, 4) is 27.6 Å². The highest BCUT2D eigenvalue weighted by molar-refractivity contribution is 7.13. The number of thiophene rings is 1. The number of aryl methyl sites for hydroxylation is 1. The minimum atomic E-state index is -4.82. The van der Waals surface area contributed by atoms with Crippen molar-refractivity contribution in [2.45, 2.75) is 31.7 Å². The fourth-order valence-corrected chi connectivity index (χ4v) is 4.62. The van der Waals surface area contributed by atoms with E-state index in [-0.39, 0.29) is 23.4 Å². The molecule has 3 N–H and O–H groups in total. The quantitative estimate of drug-likeness (QED) is 0.273. The van der Waals surface area contributed by atoms with Crippen LogP contribution in [0.3, 0.4) is 0 Å². The molecule has 0 aliphatic rings. The molecule has 0 aliphatic heterocycles. The number of nitrogens with two attached hydrogens (primary N) is 1. The molecule has 2 unspecified atom stereocenters. The van der Waals surface area contributed by atoms with E-state index >= 15 is 0 Å². The molecule has 0 bridgehead atoms. The second kappa shape index (κ2) is 10.7. The number of carboxylic acids is 1. The lowest BCUT2D eigenvalue weighted by Gasteiger charge is -2.23. The van der Waals surface area contributed by atoms with Gasteiger partial charge < -0.3 is 15.6 Å². The van der Waals surface area contributed by atoms with Crippen molar-refractivity contribution in [3.63, 3.8) is 0 Å². The fourth-order valence-electron chi connectivity index (χ4n) is 3.68. The Kier molecular flexibility index (Phi) is 7.55. The minimum absolute atomic E-state index is 0.0878. The van der Waals surface area contributed by atoms with Crippen LogP contribution in [-0.2, 0) is 11.2 Å². The van der Waals surface area contributed by atoms with Gasteiger partial charge in [-0.3, -0.25) is 4.79 Å². The largest absolute Gasteiger partial charge is 0.480 e. The van der Waals surface area contributed by atoms with Crippen LogP contribution in [0.25, 0.3) is 21.7 Å². The first-order chi connectivity index (χ1) is 17.5. The fraction of sp³-hybridized carbons (Fsp3) is 0.192. The number of alkyl halides is 3. The van der Waals surface area contributed by atoms with Gasteiger partial charge in [0.15, 0.2) is 0 Å². The summed E-state index contributed by atoms with van der Waals surface area (Å²) in [5.74, 6) is -2.11. The summed E-state index contributed by atoms with van der Waals surface area (Å²) in [5.41, 5.74) is 7.78. The number of ether oxygens (including phenoxy) is 1. The first kappa shape index (κ1) is 26.2. The zero-order valence-corrected chi connectivity index (χ0v) is 20.2. The number of halogens is 4. The summed E-state index contributed by atoms with van der Waals surface area (Å²) < 4.78 is 62.0. The summed E-state index contributed by atoms with van der Waals surface area (Å²) in [5, 5.41) is 10.7. The summed E-state index contributed by atoms with van der Waals surface area (Å²) >= 11 is 1.21. The molecule has 192 valence electrons. The molecular formula is C26H21F4N3O3S. The Morgan fingerprint density at radius 1 is 1.11 bits per heavy atom. The molecule has 2 atom stereocenters. The van der Waals surface area contributed by atoms with Gasteiger partial charge >= 0.3 is 12.1 Å². The Hall–Kier alpha value is -3.83. The zero-order chi connectivity index (χ0) is 26.7. The number of nitrogens with zero attached hydrogens (tertiary/aromatic N) is 2. The summed E-state index contributed by atoms with van der Waals surface area (Å²) in [6.45, 7) is 1.80. The monoisotopic (exact) mass is 531 g/mol. The second-order valence-corrected chi connectivity index (χ2v) is 9.26. The molecule has 0 saturated heterocycles. The van der Waals surface area contributed by atoms with Crippen LogP contribution >= 0.6 is 11.3 Å². The maximum Gasteiger partial charge on any atom is 0.429 e. The Morgan fingerprint density at radius 3 is 2.46 bits per heavy atom. The van der Waals surface area contributed by atoms with Crippen molar-refractivity contribution in [2.24, 2.45) is 5.73 Å². The third-order valence-corrected chi connectivity index (χ3v) is 6.58. The van der Waals surface area contributed by atoms with E-state index < -0.39 is 30.1 Å². The van der Waals surface area contributed by atoms with Crippen LogP contribution in [0.4, 0.5) is 17.6 Å². The summed E-state index contributed by atoms with van der Waals surface area (Å²) in [6, 6.07) is 11.6. The van der Waals surface area contributed by atoms with Crippen LogP contribution in [0.15, 0.2) is 66.3 Å². The highest BCUT2D eigenvalue weighted by atomic mass is 32.1. The van der Waals surface area contributed by atoms with E-state index in [1.807, 2.05) is 0 Å². The smallest absolute Gasteiger partial charge is 0.429 e. The van der Waals surface area contributed by atoms with Crippen molar-refractivity contribution in [2.75, 3.05) is 0 Å². The van der Waals surface area contributed by atoms with Gasteiger partial charge in [-0.15, -0.1) is 11.3 Å². The molecule has 0 amide bonds. The van der Waals surface area contributed by atoms with Gasteiger partial charge in [0, 0.05) is 27.6 Å². The third kappa shape index (κ3) is 6.30. The molecule has 4 rings (SSSR count). The van der Waals surface area contributed by atoms with Gasteiger partial charge in [-0.05, 0) is 48.1 Å². The lowest BCUT2D eigenvalue weighted by Crippen LogP contribution is -2.32. The molecule has 0 spiro atoms. The van der Waals surface area contributed by atoms with Crippen LogP contribution in [0.1, 0.15) is 22.8 Å². The SMILES string of the molecule is Cc1csc(-c2cc(F)ccc2C(Oc2cc(-c3ccc(CC(N)C(=O)O)cc3)ncn2)C(F)(F)F)c1. The third-order valence-electron chi connectivity index (χ3n) is 5.49. The molecule has 0 aliphatic carbocycles. The molecular weight excluding hydrogens is 510 g/mol. The minimum Gasteiger partial charge on any atom is -0.480 e. The van der Waals surface area contributed by atoms with E-state index in [1.165, 1.54) is 17.4 Å². The Bertz CT molecular complexity index is 1410. The lowest BCUT2D eigenvalue weighted by atomic mass is 10.00. The highest BCUT2D eigenvalue weighted by Crippen LogP contribution is 2.42. The van der Waals surface area contributed by atoms with E-state index in [0.29, 0.717) is 21.7 Å². The number of carbonyl (C=O) groups is 1. The number of benzene rings is 2. The van der Waals surface area contributed by atoms with Gasteiger partial charge in [0.2, 0.25) is 12.0 Å². The first-order valence-electron chi connectivity index (χ1n) is 11.0. The van der Waals surface area contributed by atoms with Crippen LogP contribution in [0, 0.1) is 12.7 Å². The molecule has 0 saturated carbocycles. The Labute approximate surface area is 213 Å². The molecule has 37 heavy (non-hydrogen) atoms. The highest BCUT2D eigenvalue weighted by Gasteiger charge is 2.44. The standard InChI is InChI=1S/C26H21F4N3O3S/c1-14-8-22(37-12-14)19-10-17(27)6-7-18(19)24(26(28,29)30)36-23-11-21(32-13-33-23)16-4-2-15(3-5-16)9-20(31)25(34)35/h2-8,10-13,20,24H,9,31H2,1H3,(H,34,35). The maximum absolute atomic E-state index is 14.2. The van der Waals surface area contributed by atoms with Crippen LogP contribution in [0.5, 0.6) is 5.88 Å². The van der Waals surface area contributed by atoms with Crippen molar-refractivity contribution in [1.29, 1.82) is 0 Å². The van der Waals surface area contributed by atoms with Crippen LogP contribution < -0.4 is 10.5 Å². The Morgan fingerprint density at radius 2 is 1.84 bits per heavy atom. The predicted molar refractivity (Wildman–Crippen MR) is 131 cm³/mol. The average molecular weight is 532 g/mol. The summed E-state index contributed by atoms with van der Waals surface area (Å²) in [6.07, 6.45) is -6.03. The first-order valence-corrected chi connectivity index (χ1v) is 11.9. The predicted octanol–water partition coefficient (Wildman–Crippen LogP) is 5.96. The van der Waals surface area contributed by atoms with Gasteiger partial charge in [-0.25, -0.2) is 14.4 Å². The molecule has 11 heteroatoms. The van der Waals surface area contributed by atoms with Gasteiger partial charge in [-0.1, -0.05) is 30.3 Å². The lowest BCUT2D eigenvalue weighted by molar-refractivity contribution is -0.198. The number of aliphatic carboxylic acids is 1. The number of rotatable bonds is 8. The van der Waals surface area contributed by atoms with Gasteiger partial charge in [0.05, 0.1) is 5.69 Å². The number of carboxylic acid groups (broad SMARTS) is 1. The van der Waals surface area contributed by atoms with E-state index in [2.05, 4.69) is 9.97 Å². The van der Waals surface area contributed by atoms with E-state index in [4.69, 9.17) is 15.6 Å². The van der Waals surface area contributed by atoms with E-state index in [1.54, 1.807) is 42.6 Å². The normalized spacial score (nSPS) is 13.2. The maximum atomic E-state index is 14.2.